The Kier molecular flexibility index (Phi) is 6.69. The Balaban J connectivity index is 1.73. The van der Waals surface area contributed by atoms with Gasteiger partial charge in [-0.25, -0.2) is 9.59 Å². The van der Waals surface area contributed by atoms with Gasteiger partial charge in [0.05, 0.1) is 18.2 Å². The molecule has 1 aliphatic rings. The third-order valence-electron chi connectivity index (χ3n) is 5.59. The summed E-state index contributed by atoms with van der Waals surface area (Å²) in [6.45, 7) is 6.18. The van der Waals surface area contributed by atoms with E-state index >= 15 is 0 Å². The smallest absolute Gasteiger partial charge is 0.341 e. The summed E-state index contributed by atoms with van der Waals surface area (Å²) >= 11 is 1.40. The van der Waals surface area contributed by atoms with Crippen LogP contribution in [0.3, 0.4) is 0 Å². The molecule has 3 N–H and O–H groups in total. The van der Waals surface area contributed by atoms with E-state index in [-0.39, 0.29) is 11.0 Å². The number of hydrogen-bond donors (Lipinski definition) is 2. The zero-order chi connectivity index (χ0) is 22.8. The van der Waals surface area contributed by atoms with Crippen molar-refractivity contribution in [2.45, 2.75) is 40.0 Å². The fourth-order valence-electron chi connectivity index (χ4n) is 3.77. The van der Waals surface area contributed by atoms with E-state index in [1.807, 2.05) is 0 Å². The molecule has 1 atom stereocenters. The Morgan fingerprint density at radius 1 is 1.23 bits per heavy atom. The molecule has 31 heavy (non-hydrogen) atoms. The van der Waals surface area contributed by atoms with Crippen molar-refractivity contribution in [2.75, 3.05) is 24.8 Å². The highest BCUT2D eigenvalue weighted by molar-refractivity contribution is 7.17. The molecule has 1 aromatic heterocycles. The van der Waals surface area contributed by atoms with Crippen molar-refractivity contribution < 1.29 is 23.9 Å². The molecule has 1 aliphatic carbocycles. The minimum Gasteiger partial charge on any atom is -0.465 e. The van der Waals surface area contributed by atoms with Crippen LogP contribution >= 0.6 is 11.3 Å². The molecule has 0 bridgehead atoms. The summed E-state index contributed by atoms with van der Waals surface area (Å²) in [5.41, 5.74) is 7.88. The second-order valence-corrected chi connectivity index (χ2v) is 9.86. The molecule has 0 aliphatic heterocycles. The molecule has 2 aromatic rings. The molecular formula is C23H28N2O5S. The second kappa shape index (κ2) is 9.09. The molecule has 1 heterocycles. The Hall–Kier alpha value is -2.87. The van der Waals surface area contributed by atoms with Crippen LogP contribution in [-0.2, 0) is 27.1 Å². The monoisotopic (exact) mass is 444 g/mol. The molecule has 1 amide bonds. The lowest BCUT2D eigenvalue weighted by molar-refractivity contribution is -0.119. The number of nitrogen functional groups attached to an aromatic ring is 1. The van der Waals surface area contributed by atoms with E-state index in [1.54, 1.807) is 18.2 Å². The lowest BCUT2D eigenvalue weighted by atomic mass is 9.72. The Morgan fingerprint density at radius 3 is 2.61 bits per heavy atom. The first-order valence-electron chi connectivity index (χ1n) is 10.2. The van der Waals surface area contributed by atoms with Gasteiger partial charge in [0.1, 0.15) is 5.00 Å². The summed E-state index contributed by atoms with van der Waals surface area (Å²) in [6.07, 6.45) is 2.59. The molecule has 0 fully saturated rings. The first-order valence-corrected chi connectivity index (χ1v) is 11.0. The zero-order valence-corrected chi connectivity index (χ0v) is 19.1. The maximum absolute atomic E-state index is 12.5. The van der Waals surface area contributed by atoms with Gasteiger partial charge in [0.25, 0.3) is 5.91 Å². The molecule has 166 valence electrons. The Bertz CT molecular complexity index is 1010. The van der Waals surface area contributed by atoms with Crippen LogP contribution in [0.2, 0.25) is 0 Å². The lowest BCUT2D eigenvalue weighted by Crippen LogP contribution is -2.26. The van der Waals surface area contributed by atoms with Crippen LogP contribution in [0.15, 0.2) is 24.3 Å². The number of thiophene rings is 1. The first-order chi connectivity index (χ1) is 14.6. The maximum Gasteiger partial charge on any atom is 0.341 e. The van der Waals surface area contributed by atoms with Gasteiger partial charge >= 0.3 is 11.9 Å². The predicted molar refractivity (Wildman–Crippen MR) is 120 cm³/mol. The number of nitrogens with one attached hydrogen (secondary N) is 1. The summed E-state index contributed by atoms with van der Waals surface area (Å²) in [7, 11) is 1.33. The van der Waals surface area contributed by atoms with Crippen LogP contribution in [0.25, 0.3) is 0 Å². The number of carbonyl (C=O) groups excluding carboxylic acids is 3. The first kappa shape index (κ1) is 22.8. The number of fused-ring (bicyclic) bond motifs is 1. The molecule has 3 rings (SSSR count). The summed E-state index contributed by atoms with van der Waals surface area (Å²) < 4.78 is 10.1. The minimum absolute atomic E-state index is 0.158. The topological polar surface area (TPSA) is 108 Å². The van der Waals surface area contributed by atoms with Crippen LogP contribution in [-0.4, -0.2) is 31.6 Å². The number of amides is 1. The summed E-state index contributed by atoms with van der Waals surface area (Å²) in [4.78, 5) is 38.1. The molecule has 0 saturated carbocycles. The van der Waals surface area contributed by atoms with Gasteiger partial charge in [-0.15, -0.1) is 11.3 Å². The summed E-state index contributed by atoms with van der Waals surface area (Å²) in [5.74, 6) is -1.15. The molecular weight excluding hydrogens is 416 g/mol. The summed E-state index contributed by atoms with van der Waals surface area (Å²) in [5, 5.41) is 3.17. The number of esters is 2. The van der Waals surface area contributed by atoms with Crippen molar-refractivity contribution in [2.24, 2.45) is 11.3 Å². The van der Waals surface area contributed by atoms with Gasteiger partial charge in [0, 0.05) is 10.6 Å². The van der Waals surface area contributed by atoms with Crippen molar-refractivity contribution >= 4 is 39.9 Å². The molecule has 0 saturated heterocycles. The number of nitrogens with two attached hydrogens (primary N) is 1. The number of carbonyl (C=O) groups is 3. The van der Waals surface area contributed by atoms with Crippen LogP contribution in [0, 0.1) is 11.3 Å². The van der Waals surface area contributed by atoms with Crippen LogP contribution in [0.5, 0.6) is 0 Å². The number of hydrogen-bond acceptors (Lipinski definition) is 7. The number of benzene rings is 1. The number of anilines is 2. The van der Waals surface area contributed by atoms with Gasteiger partial charge in [0.15, 0.2) is 6.61 Å². The van der Waals surface area contributed by atoms with Crippen molar-refractivity contribution in [3.05, 3.63) is 45.8 Å². The molecule has 8 heteroatoms. The van der Waals surface area contributed by atoms with Gasteiger partial charge < -0.3 is 20.5 Å². The third kappa shape index (κ3) is 5.25. The highest BCUT2D eigenvalue weighted by Crippen LogP contribution is 2.44. The average molecular weight is 445 g/mol. The third-order valence-corrected chi connectivity index (χ3v) is 6.76. The predicted octanol–water partition coefficient (Wildman–Crippen LogP) is 4.06. The molecule has 0 radical (unpaired) electrons. The number of ether oxygens (including phenoxy) is 2. The highest BCUT2D eigenvalue weighted by Gasteiger charge is 2.34. The number of methoxy groups -OCH3 is 1. The van der Waals surface area contributed by atoms with E-state index in [4.69, 9.17) is 15.2 Å². The standard InChI is InChI=1S/C23H28N2O5S/c1-23(2,3)14-8-9-16-17(11-14)31-20(19(16)22(28)29-4)25-18(26)12-30-21(27)13-6-5-7-15(24)10-13/h5-7,10,14H,8-9,11-12,24H2,1-4H3,(H,25,26). The van der Waals surface area contributed by atoms with Crippen LogP contribution < -0.4 is 11.1 Å². The van der Waals surface area contributed by atoms with Gasteiger partial charge in [-0.1, -0.05) is 26.8 Å². The highest BCUT2D eigenvalue weighted by atomic mass is 32.1. The fourth-order valence-corrected chi connectivity index (χ4v) is 5.11. The van der Waals surface area contributed by atoms with Crippen molar-refractivity contribution in [1.29, 1.82) is 0 Å². The lowest BCUT2D eigenvalue weighted by Gasteiger charge is -2.33. The normalized spacial score (nSPS) is 15.7. The maximum atomic E-state index is 12.5. The fraction of sp³-hybridized carbons (Fsp3) is 0.435. The SMILES string of the molecule is COC(=O)c1c(NC(=O)COC(=O)c2cccc(N)c2)sc2c1CCC(C(C)(C)C)C2. The van der Waals surface area contributed by atoms with E-state index in [2.05, 4.69) is 26.1 Å². The van der Waals surface area contributed by atoms with Gasteiger partial charge in [-0.05, 0) is 54.4 Å². The van der Waals surface area contributed by atoms with Crippen molar-refractivity contribution in [1.82, 2.24) is 0 Å². The minimum atomic E-state index is -0.644. The van der Waals surface area contributed by atoms with E-state index in [0.29, 0.717) is 22.2 Å². The average Bonchev–Trinajstić information content (AvgIpc) is 3.07. The quantitative estimate of drug-likeness (QED) is 0.532. The van der Waals surface area contributed by atoms with E-state index in [0.717, 1.165) is 29.7 Å². The van der Waals surface area contributed by atoms with Gasteiger partial charge in [-0.2, -0.15) is 0 Å². The second-order valence-electron chi connectivity index (χ2n) is 8.76. The molecule has 1 unspecified atom stereocenters. The van der Waals surface area contributed by atoms with E-state index < -0.39 is 24.5 Å². The van der Waals surface area contributed by atoms with Gasteiger partial charge in [-0.3, -0.25) is 4.79 Å². The number of rotatable bonds is 5. The van der Waals surface area contributed by atoms with Crippen LogP contribution in [0.4, 0.5) is 10.7 Å². The van der Waals surface area contributed by atoms with Crippen molar-refractivity contribution in [3.63, 3.8) is 0 Å². The molecule has 1 aromatic carbocycles. The zero-order valence-electron chi connectivity index (χ0n) is 18.2. The molecule has 7 nitrogen and oxygen atoms in total. The van der Waals surface area contributed by atoms with Gasteiger partial charge in [0.2, 0.25) is 0 Å². The Labute approximate surface area is 185 Å². The van der Waals surface area contributed by atoms with E-state index in [9.17, 15) is 14.4 Å². The summed E-state index contributed by atoms with van der Waals surface area (Å²) in [6, 6.07) is 6.33. The van der Waals surface area contributed by atoms with E-state index in [1.165, 1.54) is 24.5 Å². The molecule has 0 spiro atoms. The Morgan fingerprint density at radius 2 is 1.97 bits per heavy atom. The van der Waals surface area contributed by atoms with Crippen LogP contribution in [0.1, 0.15) is 58.3 Å². The largest absolute Gasteiger partial charge is 0.465 e. The van der Waals surface area contributed by atoms with Crippen molar-refractivity contribution in [3.8, 4) is 0 Å².